The van der Waals surface area contributed by atoms with Crippen LogP contribution in [0.4, 0.5) is 5.69 Å². The minimum absolute atomic E-state index is 0.00150. The maximum absolute atomic E-state index is 13.4. The van der Waals surface area contributed by atoms with Gasteiger partial charge in [0.15, 0.2) is 5.11 Å². The van der Waals surface area contributed by atoms with E-state index in [9.17, 15) is 18.0 Å². The summed E-state index contributed by atoms with van der Waals surface area (Å²) in [7, 11) is -3.70. The average molecular weight is 593 g/mol. The van der Waals surface area contributed by atoms with E-state index in [1.54, 1.807) is 19.1 Å². The molecule has 0 radical (unpaired) electrons. The Morgan fingerprint density at radius 1 is 0.878 bits per heavy atom. The number of nitrogens with zero attached hydrogens (tertiary/aromatic N) is 2. The lowest BCUT2D eigenvalue weighted by molar-refractivity contribution is -0.137. The summed E-state index contributed by atoms with van der Waals surface area (Å²) in [5.41, 5.74) is 2.84. The molecule has 0 bridgehead atoms. The van der Waals surface area contributed by atoms with Crippen LogP contribution in [0.25, 0.3) is 0 Å². The van der Waals surface area contributed by atoms with Crippen LogP contribution in [0.15, 0.2) is 102 Å². The second kappa shape index (κ2) is 14.1. The molecule has 1 saturated heterocycles. The van der Waals surface area contributed by atoms with E-state index < -0.39 is 21.9 Å². The number of nitrogens with one attached hydrogen (secondary N) is 2. The summed E-state index contributed by atoms with van der Waals surface area (Å²) >= 11 is 5.13. The molecule has 0 unspecified atom stereocenters. The number of hydrogen-bond donors (Lipinski definition) is 2. The zero-order valence-corrected chi connectivity index (χ0v) is 24.2. The number of sulfonamides is 1. The smallest absolute Gasteiger partial charge is 0.330 e. The molecule has 0 saturated carbocycles. The number of thiocarbonyl (C=S) groups is 1. The Bertz CT molecular complexity index is 1430. The lowest BCUT2D eigenvalue weighted by Gasteiger charge is -2.39. The summed E-state index contributed by atoms with van der Waals surface area (Å²) < 4.78 is 33.1. The van der Waals surface area contributed by atoms with Gasteiger partial charge in [0.25, 0.3) is 0 Å². The maximum Gasteiger partial charge on any atom is 0.330 e. The van der Waals surface area contributed by atoms with E-state index in [1.165, 1.54) is 27.6 Å². The summed E-state index contributed by atoms with van der Waals surface area (Å²) in [6.45, 7) is 3.78. The van der Waals surface area contributed by atoms with Crippen molar-refractivity contribution in [1.82, 2.24) is 14.5 Å². The Labute approximate surface area is 245 Å². The van der Waals surface area contributed by atoms with Gasteiger partial charge in [-0.25, -0.2) is 13.2 Å². The lowest BCUT2D eigenvalue weighted by atomic mass is 9.96. The first kappa shape index (κ1) is 30.1. The van der Waals surface area contributed by atoms with Crippen LogP contribution in [0, 0.1) is 0 Å². The van der Waals surface area contributed by atoms with Gasteiger partial charge in [-0.1, -0.05) is 60.7 Å². The Hall–Kier alpha value is -3.90. The first-order valence-corrected chi connectivity index (χ1v) is 15.0. The number of carbonyl (C=O) groups excluding carboxylic acids is 2. The van der Waals surface area contributed by atoms with Crippen molar-refractivity contribution in [3.63, 3.8) is 0 Å². The van der Waals surface area contributed by atoms with Crippen molar-refractivity contribution in [3.8, 4) is 0 Å². The van der Waals surface area contributed by atoms with Gasteiger partial charge in [0, 0.05) is 44.0 Å². The van der Waals surface area contributed by atoms with Gasteiger partial charge in [0.05, 0.1) is 17.5 Å². The molecule has 2 N–H and O–H groups in total. The molecule has 3 aromatic rings. The number of benzene rings is 3. The Balaban J connectivity index is 1.36. The number of rotatable bonds is 9. The molecule has 0 aromatic heterocycles. The van der Waals surface area contributed by atoms with Crippen LogP contribution in [0.3, 0.4) is 0 Å². The van der Waals surface area contributed by atoms with Gasteiger partial charge >= 0.3 is 5.97 Å². The van der Waals surface area contributed by atoms with Gasteiger partial charge in [-0.15, -0.1) is 0 Å². The minimum atomic E-state index is -3.70. The fraction of sp³-hybridized carbons (Fsp3) is 0.233. The number of carbonyl (C=O) groups is 2. The van der Waals surface area contributed by atoms with E-state index in [0.29, 0.717) is 31.9 Å². The van der Waals surface area contributed by atoms with E-state index in [4.69, 9.17) is 17.0 Å². The second-order valence-electron chi connectivity index (χ2n) is 9.22. The SMILES string of the molecule is CCOC(=O)C=CC(=O)NC(=S)Nc1ccc(S(=O)(=O)N2CCN(C(c3ccccc3)c3ccccc3)CC2)cc1. The third-order valence-electron chi connectivity index (χ3n) is 6.51. The minimum Gasteiger partial charge on any atom is -0.463 e. The van der Waals surface area contributed by atoms with Gasteiger partial charge < -0.3 is 10.1 Å². The molecule has 1 aliphatic heterocycles. The highest BCUT2D eigenvalue weighted by Crippen LogP contribution is 2.30. The van der Waals surface area contributed by atoms with Gasteiger partial charge in [-0.2, -0.15) is 4.31 Å². The molecule has 1 fully saturated rings. The molecular formula is C30H32N4O5S2. The van der Waals surface area contributed by atoms with Crippen molar-refractivity contribution in [2.45, 2.75) is 17.9 Å². The van der Waals surface area contributed by atoms with E-state index in [1.807, 2.05) is 36.4 Å². The number of esters is 1. The van der Waals surface area contributed by atoms with Crippen molar-refractivity contribution in [3.05, 3.63) is 108 Å². The highest BCUT2D eigenvalue weighted by atomic mass is 32.2. The maximum atomic E-state index is 13.4. The largest absolute Gasteiger partial charge is 0.463 e. The molecule has 0 spiro atoms. The molecule has 3 aromatic carbocycles. The van der Waals surface area contributed by atoms with Gasteiger partial charge in [-0.3, -0.25) is 15.0 Å². The summed E-state index contributed by atoms with van der Waals surface area (Å²) in [6, 6.07) is 26.7. The van der Waals surface area contributed by atoms with Gasteiger partial charge in [0.1, 0.15) is 0 Å². The monoisotopic (exact) mass is 592 g/mol. The van der Waals surface area contributed by atoms with Crippen molar-refractivity contribution in [2.24, 2.45) is 0 Å². The predicted molar refractivity (Wildman–Crippen MR) is 162 cm³/mol. The molecule has 11 heteroatoms. The normalized spacial score (nSPS) is 14.6. The van der Waals surface area contributed by atoms with E-state index in [0.717, 1.165) is 12.2 Å². The summed E-state index contributed by atoms with van der Waals surface area (Å²) in [6.07, 6.45) is 2.02. The third kappa shape index (κ3) is 8.08. The van der Waals surface area contributed by atoms with Crippen LogP contribution >= 0.6 is 12.2 Å². The fourth-order valence-corrected chi connectivity index (χ4v) is 6.24. The first-order valence-electron chi connectivity index (χ1n) is 13.2. The molecule has 0 atom stereocenters. The fourth-order valence-electron chi connectivity index (χ4n) is 4.60. The van der Waals surface area contributed by atoms with Crippen molar-refractivity contribution < 1.29 is 22.7 Å². The molecule has 0 aliphatic carbocycles. The van der Waals surface area contributed by atoms with Crippen molar-refractivity contribution in [1.29, 1.82) is 0 Å². The van der Waals surface area contributed by atoms with Gasteiger partial charge in [-0.05, 0) is 54.5 Å². The number of amides is 1. The van der Waals surface area contributed by atoms with Crippen LogP contribution in [0.1, 0.15) is 24.1 Å². The number of hydrogen-bond acceptors (Lipinski definition) is 7. The van der Waals surface area contributed by atoms with Crippen molar-refractivity contribution >= 4 is 44.9 Å². The highest BCUT2D eigenvalue weighted by Gasteiger charge is 2.32. The van der Waals surface area contributed by atoms with Gasteiger partial charge in [0.2, 0.25) is 15.9 Å². The highest BCUT2D eigenvalue weighted by molar-refractivity contribution is 7.89. The average Bonchev–Trinajstić information content (AvgIpc) is 2.98. The first-order chi connectivity index (χ1) is 19.8. The van der Waals surface area contributed by atoms with Crippen LogP contribution in [-0.2, 0) is 24.3 Å². The Morgan fingerprint density at radius 3 is 1.98 bits per heavy atom. The Morgan fingerprint density at radius 2 is 1.44 bits per heavy atom. The van der Waals surface area contributed by atoms with Crippen molar-refractivity contribution in [2.75, 3.05) is 38.1 Å². The summed E-state index contributed by atoms with van der Waals surface area (Å²) in [5, 5.41) is 5.24. The predicted octanol–water partition coefficient (Wildman–Crippen LogP) is 3.71. The zero-order chi connectivity index (χ0) is 29.2. The molecule has 1 aliphatic rings. The molecule has 1 heterocycles. The van der Waals surface area contributed by atoms with E-state index >= 15 is 0 Å². The van der Waals surface area contributed by atoms with Crippen LogP contribution in [0.5, 0.6) is 0 Å². The standard InChI is InChI=1S/C30H32N4O5S2/c1-2-39-28(36)18-17-27(35)32-30(40)31-25-13-15-26(16-14-25)41(37,38)34-21-19-33(20-22-34)29(23-9-5-3-6-10-23)24-11-7-4-8-12-24/h3-18,29H,2,19-22H2,1H3,(H2,31,32,35,40). The van der Waals surface area contributed by atoms with Crippen LogP contribution in [-0.4, -0.2) is 67.4 Å². The molecular weight excluding hydrogens is 560 g/mol. The Kier molecular flexibility index (Phi) is 10.4. The zero-order valence-electron chi connectivity index (χ0n) is 22.6. The molecule has 41 heavy (non-hydrogen) atoms. The van der Waals surface area contributed by atoms with Crippen LogP contribution < -0.4 is 10.6 Å². The third-order valence-corrected chi connectivity index (χ3v) is 8.63. The summed E-state index contributed by atoms with van der Waals surface area (Å²) in [5.74, 6) is -1.23. The van der Waals surface area contributed by atoms with Crippen LogP contribution in [0.2, 0.25) is 0 Å². The number of ether oxygens (including phenoxy) is 1. The molecule has 214 valence electrons. The topological polar surface area (TPSA) is 108 Å². The number of piperazine rings is 1. The molecule has 1 amide bonds. The lowest BCUT2D eigenvalue weighted by Crippen LogP contribution is -2.49. The quantitative estimate of drug-likeness (QED) is 0.220. The molecule has 9 nitrogen and oxygen atoms in total. The van der Waals surface area contributed by atoms with E-state index in [2.05, 4.69) is 39.8 Å². The van der Waals surface area contributed by atoms with E-state index in [-0.39, 0.29) is 22.7 Å². The summed E-state index contributed by atoms with van der Waals surface area (Å²) in [4.78, 5) is 25.7. The number of anilines is 1. The molecule has 4 rings (SSSR count). The second-order valence-corrected chi connectivity index (χ2v) is 11.6.